The Balaban J connectivity index is 1.57. The maximum atomic E-state index is 12.0. The Kier molecular flexibility index (Phi) is 6.11. The van der Waals surface area contributed by atoms with Crippen LogP contribution in [0.25, 0.3) is 6.08 Å². The van der Waals surface area contributed by atoms with E-state index < -0.39 is 0 Å². The van der Waals surface area contributed by atoms with Gasteiger partial charge in [-0.2, -0.15) is 0 Å². The van der Waals surface area contributed by atoms with Crippen LogP contribution in [-0.4, -0.2) is 16.1 Å². The molecule has 0 saturated heterocycles. The van der Waals surface area contributed by atoms with E-state index in [1.165, 1.54) is 17.4 Å². The number of carbonyl (C=O) groups is 1. The fraction of sp³-hybridized carbons (Fsp3) is 0.150. The highest BCUT2D eigenvalue weighted by atomic mass is 32.1. The van der Waals surface area contributed by atoms with Crippen LogP contribution in [0, 0.1) is 0 Å². The summed E-state index contributed by atoms with van der Waals surface area (Å²) in [7, 11) is 0. The molecule has 1 aromatic heterocycles. The minimum absolute atomic E-state index is 0.237. The van der Waals surface area contributed by atoms with Crippen molar-refractivity contribution in [1.82, 2.24) is 10.2 Å². The lowest BCUT2D eigenvalue weighted by Crippen LogP contribution is -2.07. The van der Waals surface area contributed by atoms with Crippen molar-refractivity contribution in [3.8, 4) is 5.75 Å². The number of carbonyl (C=O) groups excluding carboxylic acids is 1. The summed E-state index contributed by atoms with van der Waals surface area (Å²) in [5.74, 6) is 0.521. The zero-order chi connectivity index (χ0) is 18.2. The fourth-order valence-corrected chi connectivity index (χ4v) is 2.90. The first-order chi connectivity index (χ1) is 12.7. The normalized spacial score (nSPS) is 10.8. The zero-order valence-corrected chi connectivity index (χ0v) is 15.2. The van der Waals surface area contributed by atoms with Crippen LogP contribution >= 0.6 is 11.3 Å². The molecule has 1 N–H and O–H groups in total. The van der Waals surface area contributed by atoms with Crippen molar-refractivity contribution < 1.29 is 9.53 Å². The monoisotopic (exact) mass is 365 g/mol. The molecule has 1 heterocycles. The quantitative estimate of drug-likeness (QED) is 0.633. The Morgan fingerprint density at radius 3 is 2.77 bits per heavy atom. The second-order valence-electron chi connectivity index (χ2n) is 5.52. The van der Waals surface area contributed by atoms with Crippen molar-refractivity contribution in [2.24, 2.45) is 0 Å². The summed E-state index contributed by atoms with van der Waals surface area (Å²) in [4.78, 5) is 12.0. The third-order valence-corrected chi connectivity index (χ3v) is 4.52. The van der Waals surface area contributed by atoms with Crippen molar-refractivity contribution in [3.05, 3.63) is 76.8 Å². The molecule has 0 radical (unpaired) electrons. The number of ether oxygens (including phenoxy) is 1. The summed E-state index contributed by atoms with van der Waals surface area (Å²) in [5.41, 5.74) is 1.99. The van der Waals surface area contributed by atoms with Gasteiger partial charge in [-0.15, -0.1) is 10.2 Å². The second-order valence-corrected chi connectivity index (χ2v) is 6.59. The van der Waals surface area contributed by atoms with Crippen LogP contribution in [0.3, 0.4) is 0 Å². The van der Waals surface area contributed by atoms with E-state index in [-0.39, 0.29) is 5.91 Å². The lowest BCUT2D eigenvalue weighted by atomic mass is 10.2. The second kappa shape index (κ2) is 8.92. The van der Waals surface area contributed by atoms with Gasteiger partial charge in [0.05, 0.1) is 0 Å². The van der Waals surface area contributed by atoms with E-state index in [1.807, 2.05) is 61.5 Å². The maximum absolute atomic E-state index is 12.0. The van der Waals surface area contributed by atoms with Crippen molar-refractivity contribution in [2.45, 2.75) is 20.0 Å². The van der Waals surface area contributed by atoms with Crippen LogP contribution in [-0.2, 0) is 17.8 Å². The van der Waals surface area contributed by atoms with E-state index in [4.69, 9.17) is 4.74 Å². The van der Waals surface area contributed by atoms with E-state index >= 15 is 0 Å². The van der Waals surface area contributed by atoms with Crippen molar-refractivity contribution in [1.29, 1.82) is 0 Å². The smallest absolute Gasteiger partial charge is 0.250 e. The van der Waals surface area contributed by atoms with E-state index in [9.17, 15) is 4.79 Å². The first-order valence-electron chi connectivity index (χ1n) is 8.31. The molecule has 26 heavy (non-hydrogen) atoms. The van der Waals surface area contributed by atoms with Crippen LogP contribution < -0.4 is 10.1 Å². The standard InChI is InChI=1S/C20H19N3O2S/c1-2-19-22-23-20(26-19)21-18(24)12-11-15-9-6-10-17(13-15)25-14-16-7-4-3-5-8-16/h3-13H,2,14H2,1H3,(H,21,23,24)/b12-11+. The van der Waals surface area contributed by atoms with E-state index in [1.54, 1.807) is 6.08 Å². The molecule has 132 valence electrons. The van der Waals surface area contributed by atoms with Gasteiger partial charge in [0.15, 0.2) is 0 Å². The van der Waals surface area contributed by atoms with Gasteiger partial charge < -0.3 is 4.74 Å². The zero-order valence-electron chi connectivity index (χ0n) is 14.4. The molecular weight excluding hydrogens is 346 g/mol. The van der Waals surface area contributed by atoms with Gasteiger partial charge in [0, 0.05) is 6.08 Å². The minimum atomic E-state index is -0.237. The van der Waals surface area contributed by atoms with E-state index in [2.05, 4.69) is 15.5 Å². The van der Waals surface area contributed by atoms with Gasteiger partial charge in [-0.3, -0.25) is 10.1 Å². The number of aromatic nitrogens is 2. The first kappa shape index (κ1) is 17.8. The van der Waals surface area contributed by atoms with Crippen LogP contribution in [0.5, 0.6) is 5.75 Å². The van der Waals surface area contributed by atoms with E-state index in [0.29, 0.717) is 11.7 Å². The lowest BCUT2D eigenvalue weighted by Gasteiger charge is -2.06. The molecular formula is C20H19N3O2S. The average Bonchev–Trinajstić information content (AvgIpc) is 3.13. The van der Waals surface area contributed by atoms with Gasteiger partial charge in [0.2, 0.25) is 11.0 Å². The van der Waals surface area contributed by atoms with Gasteiger partial charge in [0.1, 0.15) is 17.4 Å². The Hall–Kier alpha value is -2.99. The highest BCUT2D eigenvalue weighted by molar-refractivity contribution is 7.15. The minimum Gasteiger partial charge on any atom is -0.489 e. The number of benzene rings is 2. The number of nitrogens with zero attached hydrogens (tertiary/aromatic N) is 2. The Morgan fingerprint density at radius 2 is 2.00 bits per heavy atom. The third kappa shape index (κ3) is 5.26. The molecule has 2 aromatic carbocycles. The summed E-state index contributed by atoms with van der Waals surface area (Å²) in [6.45, 7) is 2.50. The van der Waals surface area contributed by atoms with E-state index in [0.717, 1.165) is 28.3 Å². The van der Waals surface area contributed by atoms with Gasteiger partial charge >= 0.3 is 0 Å². The summed E-state index contributed by atoms with van der Waals surface area (Å²) < 4.78 is 5.80. The van der Waals surface area contributed by atoms with Crippen LogP contribution in [0.1, 0.15) is 23.1 Å². The Labute approximate surface area is 156 Å². The molecule has 6 heteroatoms. The maximum Gasteiger partial charge on any atom is 0.250 e. The fourth-order valence-electron chi connectivity index (χ4n) is 2.21. The van der Waals surface area contributed by atoms with Crippen LogP contribution in [0.4, 0.5) is 5.13 Å². The van der Waals surface area contributed by atoms with Crippen LogP contribution in [0.15, 0.2) is 60.7 Å². The molecule has 0 aliphatic rings. The molecule has 0 unspecified atom stereocenters. The van der Waals surface area contributed by atoms with Gasteiger partial charge in [-0.05, 0) is 35.8 Å². The van der Waals surface area contributed by atoms with Crippen molar-refractivity contribution in [2.75, 3.05) is 5.32 Å². The molecule has 5 nitrogen and oxygen atoms in total. The predicted octanol–water partition coefficient (Wildman–Crippen LogP) is 4.33. The highest BCUT2D eigenvalue weighted by Gasteiger charge is 2.04. The topological polar surface area (TPSA) is 64.1 Å². The molecule has 0 aliphatic carbocycles. The molecule has 3 aromatic rings. The van der Waals surface area contributed by atoms with Crippen molar-refractivity contribution in [3.63, 3.8) is 0 Å². The number of aryl methyl sites for hydroxylation is 1. The summed E-state index contributed by atoms with van der Waals surface area (Å²) in [6, 6.07) is 17.6. The molecule has 0 atom stereocenters. The van der Waals surface area contributed by atoms with Crippen molar-refractivity contribution >= 4 is 28.5 Å². The summed E-state index contributed by atoms with van der Waals surface area (Å²) >= 11 is 1.38. The number of hydrogen-bond acceptors (Lipinski definition) is 5. The number of nitrogens with one attached hydrogen (secondary N) is 1. The number of amides is 1. The predicted molar refractivity (Wildman–Crippen MR) is 104 cm³/mol. The lowest BCUT2D eigenvalue weighted by molar-refractivity contribution is -0.111. The third-order valence-electron chi connectivity index (χ3n) is 3.53. The van der Waals surface area contributed by atoms with Crippen LogP contribution in [0.2, 0.25) is 0 Å². The Morgan fingerprint density at radius 1 is 1.15 bits per heavy atom. The largest absolute Gasteiger partial charge is 0.489 e. The molecule has 0 fully saturated rings. The highest BCUT2D eigenvalue weighted by Crippen LogP contribution is 2.17. The summed E-state index contributed by atoms with van der Waals surface area (Å²) in [5, 5.41) is 12.0. The number of rotatable bonds is 7. The average molecular weight is 365 g/mol. The Bertz CT molecular complexity index is 891. The number of hydrogen-bond donors (Lipinski definition) is 1. The molecule has 0 spiro atoms. The molecule has 3 rings (SSSR count). The number of anilines is 1. The van der Waals surface area contributed by atoms with Gasteiger partial charge in [-0.25, -0.2) is 0 Å². The molecule has 0 bridgehead atoms. The molecule has 0 saturated carbocycles. The first-order valence-corrected chi connectivity index (χ1v) is 9.13. The molecule has 1 amide bonds. The molecule has 0 aliphatic heterocycles. The van der Waals surface area contributed by atoms with Gasteiger partial charge in [-0.1, -0.05) is 60.7 Å². The SMILES string of the molecule is CCc1nnc(NC(=O)/C=C/c2cccc(OCc3ccccc3)c2)s1. The van der Waals surface area contributed by atoms with Gasteiger partial charge in [0.25, 0.3) is 0 Å². The summed E-state index contributed by atoms with van der Waals surface area (Å²) in [6.07, 6.45) is 4.02.